The molecule has 0 aromatic heterocycles. The first-order valence-corrected chi connectivity index (χ1v) is 7.72. The number of hydrogen-bond donors (Lipinski definition) is 3. The van der Waals surface area contributed by atoms with E-state index in [1.165, 1.54) is 0 Å². The maximum Gasteiger partial charge on any atom is 0.319 e. The largest absolute Gasteiger partial charge is 0.496 e. The highest BCUT2D eigenvalue weighted by Gasteiger charge is 2.24. The molecule has 1 atom stereocenters. The van der Waals surface area contributed by atoms with Gasteiger partial charge in [-0.15, -0.1) is 0 Å². The Hall–Kier alpha value is -2.86. The third-order valence-electron chi connectivity index (χ3n) is 3.70. The number of hydrogen-bond acceptors (Lipinski definition) is 3. The molecule has 0 aliphatic rings. The van der Waals surface area contributed by atoms with Crippen molar-refractivity contribution >= 4 is 11.9 Å². The van der Waals surface area contributed by atoms with Crippen molar-refractivity contribution in [2.75, 3.05) is 13.7 Å². The summed E-state index contributed by atoms with van der Waals surface area (Å²) in [5, 5.41) is 4.05. The number of nitrogens with one attached hydrogen (secondary N) is 1. The lowest BCUT2D eigenvalue weighted by atomic mass is 10.1. The van der Waals surface area contributed by atoms with Crippen LogP contribution in [0.3, 0.4) is 0 Å². The van der Waals surface area contributed by atoms with Crippen LogP contribution in [0.15, 0.2) is 54.6 Å². The highest BCUT2D eigenvalue weighted by Crippen LogP contribution is 2.17. The lowest BCUT2D eigenvalue weighted by molar-refractivity contribution is -0.682. The van der Waals surface area contributed by atoms with Crippen molar-refractivity contribution in [3.63, 3.8) is 0 Å². The number of carbonyl (C=O) groups excluding carboxylic acids is 2. The molecule has 0 aliphatic heterocycles. The molecular weight excluding hydrogens is 306 g/mol. The Balaban J connectivity index is 2.06. The molecule has 0 spiro atoms. The van der Waals surface area contributed by atoms with Gasteiger partial charge in [0.05, 0.1) is 13.7 Å². The minimum atomic E-state index is -0.848. The molecule has 2 aromatic carbocycles. The molecule has 126 valence electrons. The van der Waals surface area contributed by atoms with Crippen LogP contribution in [0.1, 0.15) is 17.2 Å². The third kappa shape index (κ3) is 4.82. The molecule has 5 N–H and O–H groups in total. The molecule has 0 fully saturated rings. The number of imide groups is 1. The van der Waals surface area contributed by atoms with E-state index in [-0.39, 0.29) is 0 Å². The number of para-hydroxylation sites is 1. The Labute approximate surface area is 141 Å². The number of methoxy groups -OCH3 is 1. The average Bonchev–Trinajstić information content (AvgIpc) is 2.59. The van der Waals surface area contributed by atoms with E-state index in [1.54, 1.807) is 7.11 Å². The predicted octanol–water partition coefficient (Wildman–Crippen LogP) is 0.737. The fraction of sp³-hybridized carbons (Fsp3) is 0.222. The molecular formula is C18H22N3O3+. The number of primary amides is 1. The van der Waals surface area contributed by atoms with Gasteiger partial charge >= 0.3 is 6.03 Å². The van der Waals surface area contributed by atoms with E-state index in [0.29, 0.717) is 6.54 Å². The maximum atomic E-state index is 12.3. The van der Waals surface area contributed by atoms with Crippen LogP contribution in [0.5, 0.6) is 5.75 Å². The fourth-order valence-electron chi connectivity index (χ4n) is 2.57. The summed E-state index contributed by atoms with van der Waals surface area (Å²) in [4.78, 5) is 23.2. The van der Waals surface area contributed by atoms with Gasteiger partial charge in [0, 0.05) is 12.0 Å². The van der Waals surface area contributed by atoms with E-state index in [2.05, 4.69) is 5.32 Å². The van der Waals surface area contributed by atoms with Gasteiger partial charge in [0.25, 0.3) is 5.91 Å². The van der Waals surface area contributed by atoms with Gasteiger partial charge in [0.15, 0.2) is 6.04 Å². The second-order valence-corrected chi connectivity index (χ2v) is 5.33. The van der Waals surface area contributed by atoms with Crippen LogP contribution in [0.25, 0.3) is 0 Å². The Morgan fingerprint density at radius 3 is 2.46 bits per heavy atom. The van der Waals surface area contributed by atoms with E-state index in [1.807, 2.05) is 59.9 Å². The first-order chi connectivity index (χ1) is 11.6. The van der Waals surface area contributed by atoms with E-state index in [4.69, 9.17) is 10.5 Å². The Morgan fingerprint density at radius 1 is 1.12 bits per heavy atom. The van der Waals surface area contributed by atoms with Gasteiger partial charge in [-0.1, -0.05) is 48.5 Å². The van der Waals surface area contributed by atoms with E-state index in [0.717, 1.165) is 23.3 Å². The van der Waals surface area contributed by atoms with Crippen molar-refractivity contribution in [3.8, 4) is 5.75 Å². The Bertz CT molecular complexity index is 689. The van der Waals surface area contributed by atoms with E-state index < -0.39 is 18.0 Å². The summed E-state index contributed by atoms with van der Waals surface area (Å²) in [6.07, 6.45) is 0.733. The summed E-state index contributed by atoms with van der Waals surface area (Å²) in [5.74, 6) is 0.400. The smallest absolute Gasteiger partial charge is 0.319 e. The van der Waals surface area contributed by atoms with Crippen molar-refractivity contribution < 1.29 is 19.6 Å². The zero-order chi connectivity index (χ0) is 17.4. The molecule has 6 nitrogen and oxygen atoms in total. The minimum absolute atomic E-state index is 0.422. The van der Waals surface area contributed by atoms with Crippen LogP contribution >= 0.6 is 0 Å². The summed E-state index contributed by atoms with van der Waals surface area (Å²) in [7, 11) is 1.63. The van der Waals surface area contributed by atoms with Crippen LogP contribution in [-0.4, -0.2) is 25.6 Å². The topological polar surface area (TPSA) is 98.0 Å². The maximum absolute atomic E-state index is 12.3. The third-order valence-corrected chi connectivity index (χ3v) is 3.70. The van der Waals surface area contributed by atoms with Crippen molar-refractivity contribution in [2.24, 2.45) is 5.73 Å². The van der Waals surface area contributed by atoms with Gasteiger partial charge in [-0.05, 0) is 11.6 Å². The molecule has 0 unspecified atom stereocenters. The van der Waals surface area contributed by atoms with Crippen LogP contribution in [0.2, 0.25) is 0 Å². The number of quaternary nitrogens is 1. The Morgan fingerprint density at radius 2 is 1.79 bits per heavy atom. The normalized spacial score (nSPS) is 11.5. The second-order valence-electron chi connectivity index (χ2n) is 5.33. The standard InChI is InChI=1S/C18H21N3O3/c1-24-15-10-6-5-7-13(15)11-12-20-16(17(22)21-18(19)23)14-8-3-2-4-9-14/h2-10,16,20H,11-12H2,1H3,(H3,19,21,22,23)/p+1/t16-/m1/s1. The predicted molar refractivity (Wildman–Crippen MR) is 90.4 cm³/mol. The molecule has 0 radical (unpaired) electrons. The van der Waals surface area contributed by atoms with Crippen molar-refractivity contribution in [1.82, 2.24) is 5.32 Å². The number of urea groups is 1. The zero-order valence-electron chi connectivity index (χ0n) is 13.6. The van der Waals surface area contributed by atoms with Gasteiger partial charge in [-0.3, -0.25) is 10.1 Å². The lowest BCUT2D eigenvalue weighted by Gasteiger charge is -2.15. The Kier molecular flexibility index (Phi) is 6.33. The van der Waals surface area contributed by atoms with Crippen LogP contribution in [-0.2, 0) is 11.2 Å². The molecule has 2 aromatic rings. The van der Waals surface area contributed by atoms with Crippen LogP contribution in [0, 0.1) is 0 Å². The average molecular weight is 328 g/mol. The molecule has 0 bridgehead atoms. The summed E-state index contributed by atoms with van der Waals surface area (Å²) in [6.45, 7) is 0.659. The lowest BCUT2D eigenvalue weighted by Crippen LogP contribution is -2.88. The highest BCUT2D eigenvalue weighted by atomic mass is 16.5. The second kappa shape index (κ2) is 8.69. The van der Waals surface area contributed by atoms with Crippen molar-refractivity contribution in [1.29, 1.82) is 0 Å². The zero-order valence-corrected chi connectivity index (χ0v) is 13.6. The SMILES string of the molecule is COc1ccccc1CC[NH2+][C@@H](C(=O)NC(N)=O)c1ccccc1. The minimum Gasteiger partial charge on any atom is -0.496 e. The highest BCUT2D eigenvalue weighted by molar-refractivity contribution is 5.96. The fourth-order valence-corrected chi connectivity index (χ4v) is 2.57. The molecule has 0 heterocycles. The van der Waals surface area contributed by atoms with Gasteiger partial charge in [0.2, 0.25) is 0 Å². The summed E-state index contributed by atoms with van der Waals surface area (Å²) in [6, 6.07) is 15.7. The molecule has 3 amide bonds. The summed E-state index contributed by atoms with van der Waals surface area (Å²) >= 11 is 0. The molecule has 0 aliphatic carbocycles. The number of amides is 3. The van der Waals surface area contributed by atoms with Gasteiger partial charge in [0.1, 0.15) is 5.75 Å². The van der Waals surface area contributed by atoms with Gasteiger partial charge in [-0.2, -0.15) is 0 Å². The van der Waals surface area contributed by atoms with Crippen molar-refractivity contribution in [2.45, 2.75) is 12.5 Å². The van der Waals surface area contributed by atoms with Gasteiger partial charge < -0.3 is 15.8 Å². The molecule has 2 rings (SSSR count). The molecule has 0 saturated heterocycles. The number of nitrogens with two attached hydrogens (primary N) is 2. The quantitative estimate of drug-likeness (QED) is 0.699. The molecule has 6 heteroatoms. The number of benzene rings is 2. The first kappa shape index (κ1) is 17.5. The summed E-state index contributed by atoms with van der Waals surface area (Å²) < 4.78 is 5.33. The first-order valence-electron chi connectivity index (χ1n) is 7.72. The number of carbonyl (C=O) groups is 2. The molecule has 0 saturated carbocycles. The van der Waals surface area contributed by atoms with E-state index >= 15 is 0 Å². The van der Waals surface area contributed by atoms with Crippen LogP contribution in [0.4, 0.5) is 4.79 Å². The number of rotatable bonds is 7. The van der Waals surface area contributed by atoms with Gasteiger partial charge in [-0.25, -0.2) is 4.79 Å². The van der Waals surface area contributed by atoms with Crippen LogP contribution < -0.4 is 21.1 Å². The van der Waals surface area contributed by atoms with E-state index in [9.17, 15) is 9.59 Å². The van der Waals surface area contributed by atoms with Crippen molar-refractivity contribution in [3.05, 3.63) is 65.7 Å². The number of ether oxygens (including phenoxy) is 1. The monoisotopic (exact) mass is 328 g/mol. The molecule has 24 heavy (non-hydrogen) atoms. The summed E-state index contributed by atoms with van der Waals surface area (Å²) in [5.41, 5.74) is 6.95.